The van der Waals surface area contributed by atoms with Crippen LogP contribution in [-0.4, -0.2) is 49.1 Å². The van der Waals surface area contributed by atoms with Gasteiger partial charge in [0.2, 0.25) is 5.91 Å². The highest BCUT2D eigenvalue weighted by Gasteiger charge is 2.13. The number of aromatic nitrogens is 2. The largest absolute Gasteiger partial charge is 0.493 e. The number of pyridine rings is 1. The van der Waals surface area contributed by atoms with Gasteiger partial charge in [0.25, 0.3) is 0 Å². The molecule has 2 aromatic heterocycles. The Hall–Kier alpha value is -4.10. The van der Waals surface area contributed by atoms with Crippen molar-refractivity contribution in [2.24, 2.45) is 0 Å². The van der Waals surface area contributed by atoms with Crippen molar-refractivity contribution in [1.82, 2.24) is 20.2 Å². The molecule has 186 valence electrons. The Morgan fingerprint density at radius 3 is 2.67 bits per heavy atom. The Morgan fingerprint density at radius 2 is 1.92 bits per heavy atom. The molecule has 0 saturated carbocycles. The first-order chi connectivity index (χ1) is 17.4. The van der Waals surface area contributed by atoms with Gasteiger partial charge in [-0.2, -0.15) is 0 Å². The third kappa shape index (κ3) is 5.58. The number of methoxy groups -OCH3 is 2. The number of hydrogen-bond donors (Lipinski definition) is 2. The molecule has 4 rings (SSSR count). The van der Waals surface area contributed by atoms with E-state index < -0.39 is 0 Å². The van der Waals surface area contributed by atoms with E-state index >= 15 is 0 Å². The number of carbonyl (C=O) groups is 1. The number of fused-ring (bicyclic) bond motifs is 1. The second-order valence-corrected chi connectivity index (χ2v) is 8.94. The average molecular weight is 485 g/mol. The van der Waals surface area contributed by atoms with Crippen molar-refractivity contribution >= 4 is 23.0 Å². The summed E-state index contributed by atoms with van der Waals surface area (Å²) < 4.78 is 10.7. The molecule has 0 radical (unpaired) electrons. The van der Waals surface area contributed by atoms with Crippen molar-refractivity contribution in [1.29, 1.82) is 0 Å². The summed E-state index contributed by atoms with van der Waals surface area (Å²) in [6.07, 6.45) is 7.06. The van der Waals surface area contributed by atoms with Gasteiger partial charge in [-0.05, 0) is 73.6 Å². The number of hydrogen-bond acceptors (Lipinski definition) is 5. The number of nitrogens with zero attached hydrogens (tertiary/aromatic N) is 2. The van der Waals surface area contributed by atoms with Gasteiger partial charge in [0.05, 0.1) is 20.3 Å². The van der Waals surface area contributed by atoms with E-state index in [1.165, 1.54) is 5.56 Å². The van der Waals surface area contributed by atoms with Crippen LogP contribution >= 0.6 is 0 Å². The quantitative estimate of drug-likeness (QED) is 0.319. The third-order valence-corrected chi connectivity index (χ3v) is 6.02. The predicted octanol–water partition coefficient (Wildman–Crippen LogP) is 5.20. The summed E-state index contributed by atoms with van der Waals surface area (Å²) in [5.74, 6) is 1.08. The number of aromatic amines is 1. The number of rotatable bonds is 9. The minimum absolute atomic E-state index is 0.190. The van der Waals surface area contributed by atoms with Gasteiger partial charge >= 0.3 is 0 Å². The molecule has 1 atom stereocenters. The second kappa shape index (κ2) is 11.1. The smallest absolute Gasteiger partial charge is 0.244 e. The van der Waals surface area contributed by atoms with Crippen LogP contribution in [0.2, 0.25) is 0 Å². The Bertz CT molecular complexity index is 1390. The van der Waals surface area contributed by atoms with E-state index in [2.05, 4.69) is 58.5 Å². The highest BCUT2D eigenvalue weighted by molar-refractivity contribution is 6.01. The fourth-order valence-electron chi connectivity index (χ4n) is 4.29. The summed E-state index contributed by atoms with van der Waals surface area (Å²) in [4.78, 5) is 22.6. The Kier molecular flexibility index (Phi) is 7.71. The minimum Gasteiger partial charge on any atom is -0.493 e. The molecule has 0 saturated heterocycles. The molecule has 2 N–H and O–H groups in total. The number of carbonyl (C=O) groups excluding carboxylic acids is 1. The number of H-pyrrole nitrogens is 1. The highest BCUT2D eigenvalue weighted by Crippen LogP contribution is 2.32. The molecule has 0 fully saturated rings. The van der Waals surface area contributed by atoms with E-state index in [4.69, 9.17) is 9.47 Å². The molecule has 1 amide bonds. The van der Waals surface area contributed by atoms with E-state index in [0.717, 1.165) is 39.8 Å². The fourth-order valence-corrected chi connectivity index (χ4v) is 4.29. The number of amides is 1. The molecule has 0 aliphatic carbocycles. The SMILES string of the molecule is COc1ccc([C@@H](C)NC(=O)/C=C/c2c[nH]c3nccc(-c4cccc(CN(C)C)c4)c23)cc1OC. The van der Waals surface area contributed by atoms with Gasteiger partial charge in [-0.3, -0.25) is 4.79 Å². The van der Waals surface area contributed by atoms with Crippen molar-refractivity contribution in [3.63, 3.8) is 0 Å². The standard InChI is InChI=1S/C29H32N4O3/c1-19(21-9-11-25(35-4)26(16-21)36-5)32-27(34)12-10-23-17-31-29-28(23)24(13-14-30-29)22-8-6-7-20(15-22)18-33(2)3/h6-17,19H,18H2,1-5H3,(H,30,31)(H,32,34)/b12-10+/t19-/m1/s1. The maximum atomic E-state index is 12.8. The first-order valence-electron chi connectivity index (χ1n) is 11.8. The Morgan fingerprint density at radius 1 is 1.11 bits per heavy atom. The number of benzene rings is 2. The molecule has 36 heavy (non-hydrogen) atoms. The van der Waals surface area contributed by atoms with Crippen molar-refractivity contribution in [3.05, 3.63) is 83.7 Å². The minimum atomic E-state index is -0.207. The Labute approximate surface area is 211 Å². The number of nitrogens with one attached hydrogen (secondary N) is 2. The van der Waals surface area contributed by atoms with Crippen LogP contribution in [0, 0.1) is 0 Å². The van der Waals surface area contributed by atoms with E-state index in [1.807, 2.05) is 43.5 Å². The molecule has 0 aliphatic rings. The van der Waals surface area contributed by atoms with Crippen LogP contribution < -0.4 is 14.8 Å². The Balaban J connectivity index is 1.56. The summed E-state index contributed by atoms with van der Waals surface area (Å²) in [6.45, 7) is 2.79. The van der Waals surface area contributed by atoms with Gasteiger partial charge in [-0.1, -0.05) is 24.3 Å². The van der Waals surface area contributed by atoms with Gasteiger partial charge in [-0.15, -0.1) is 0 Å². The van der Waals surface area contributed by atoms with Crippen LogP contribution in [-0.2, 0) is 11.3 Å². The molecule has 0 bridgehead atoms. The van der Waals surface area contributed by atoms with Crippen LogP contribution in [0.15, 0.2) is 67.0 Å². The zero-order valence-electron chi connectivity index (χ0n) is 21.3. The summed E-state index contributed by atoms with van der Waals surface area (Å²) in [7, 11) is 7.31. The zero-order valence-corrected chi connectivity index (χ0v) is 21.3. The summed E-state index contributed by atoms with van der Waals surface area (Å²) in [5.41, 5.74) is 6.02. The summed E-state index contributed by atoms with van der Waals surface area (Å²) >= 11 is 0. The molecule has 0 unspecified atom stereocenters. The van der Waals surface area contributed by atoms with E-state index in [1.54, 1.807) is 26.5 Å². The molecule has 2 aromatic carbocycles. The van der Waals surface area contributed by atoms with Crippen LogP contribution in [0.1, 0.15) is 29.7 Å². The molecule has 7 nitrogen and oxygen atoms in total. The summed E-state index contributed by atoms with van der Waals surface area (Å²) in [6, 6.07) is 15.9. The van der Waals surface area contributed by atoms with Crippen LogP contribution in [0.5, 0.6) is 11.5 Å². The lowest BCUT2D eigenvalue weighted by Gasteiger charge is -2.15. The monoisotopic (exact) mass is 484 g/mol. The second-order valence-electron chi connectivity index (χ2n) is 8.94. The maximum absolute atomic E-state index is 12.8. The van der Waals surface area contributed by atoms with Crippen molar-refractivity contribution in [2.75, 3.05) is 28.3 Å². The topological polar surface area (TPSA) is 79.5 Å². The van der Waals surface area contributed by atoms with Crippen molar-refractivity contribution in [2.45, 2.75) is 19.5 Å². The summed E-state index contributed by atoms with van der Waals surface area (Å²) in [5, 5.41) is 4.00. The van der Waals surface area contributed by atoms with Gasteiger partial charge in [-0.25, -0.2) is 4.98 Å². The fraction of sp³-hybridized carbons (Fsp3) is 0.241. The average Bonchev–Trinajstić information content (AvgIpc) is 3.30. The molecule has 2 heterocycles. The maximum Gasteiger partial charge on any atom is 0.244 e. The zero-order chi connectivity index (χ0) is 25.7. The molecule has 4 aromatic rings. The lowest BCUT2D eigenvalue weighted by atomic mass is 9.99. The van der Waals surface area contributed by atoms with Crippen LogP contribution in [0.3, 0.4) is 0 Å². The lowest BCUT2D eigenvalue weighted by Crippen LogP contribution is -2.24. The molecular formula is C29H32N4O3. The van der Waals surface area contributed by atoms with E-state index in [0.29, 0.717) is 11.5 Å². The predicted molar refractivity (Wildman–Crippen MR) is 144 cm³/mol. The third-order valence-electron chi connectivity index (χ3n) is 6.02. The highest BCUT2D eigenvalue weighted by atomic mass is 16.5. The lowest BCUT2D eigenvalue weighted by molar-refractivity contribution is -0.117. The van der Waals surface area contributed by atoms with Gasteiger partial charge in [0.1, 0.15) is 5.65 Å². The first-order valence-corrected chi connectivity index (χ1v) is 11.8. The number of ether oxygens (including phenoxy) is 2. The molecular weight excluding hydrogens is 452 g/mol. The van der Waals surface area contributed by atoms with E-state index in [9.17, 15) is 4.79 Å². The van der Waals surface area contributed by atoms with Crippen molar-refractivity contribution in [3.8, 4) is 22.6 Å². The van der Waals surface area contributed by atoms with Crippen molar-refractivity contribution < 1.29 is 14.3 Å². The van der Waals surface area contributed by atoms with Crippen LogP contribution in [0.25, 0.3) is 28.2 Å². The molecule has 0 spiro atoms. The molecule has 0 aliphatic heterocycles. The normalized spacial score (nSPS) is 12.3. The molecule has 7 heteroatoms. The van der Waals surface area contributed by atoms with Gasteiger partial charge in [0, 0.05) is 36.0 Å². The van der Waals surface area contributed by atoms with E-state index in [-0.39, 0.29) is 11.9 Å². The van der Waals surface area contributed by atoms with Gasteiger partial charge in [0.15, 0.2) is 11.5 Å². The van der Waals surface area contributed by atoms with Gasteiger partial charge < -0.3 is 24.7 Å². The first kappa shape index (κ1) is 25.0. The van der Waals surface area contributed by atoms with Crippen LogP contribution in [0.4, 0.5) is 0 Å².